The monoisotopic (exact) mass is 373 g/mol. The van der Waals surface area contributed by atoms with E-state index in [-0.39, 0.29) is 17.5 Å². The molecule has 1 heterocycles. The van der Waals surface area contributed by atoms with Crippen molar-refractivity contribution in [2.45, 2.75) is 66.5 Å². The average molecular weight is 373 g/mol. The molecule has 0 fully saturated rings. The summed E-state index contributed by atoms with van der Waals surface area (Å²) in [4.78, 5) is 27.5. The molecule has 5 nitrogen and oxygen atoms in total. The summed E-state index contributed by atoms with van der Waals surface area (Å²) in [6.07, 6.45) is 1.65. The zero-order valence-electron chi connectivity index (χ0n) is 17.2. The summed E-state index contributed by atoms with van der Waals surface area (Å²) in [7, 11) is 0. The zero-order valence-corrected chi connectivity index (χ0v) is 17.2. The number of para-hydroxylation sites is 1. The van der Waals surface area contributed by atoms with Gasteiger partial charge in [0.25, 0.3) is 5.91 Å². The molecule has 27 heavy (non-hydrogen) atoms. The fraction of sp³-hybridized carbons (Fsp3) is 0.545. The molecule has 0 bridgehead atoms. The first-order valence-corrected chi connectivity index (χ1v) is 9.64. The van der Waals surface area contributed by atoms with Gasteiger partial charge in [-0.1, -0.05) is 52.3 Å². The number of ether oxygens (including phenoxy) is 1. The predicted octanol–water partition coefficient (Wildman–Crippen LogP) is 4.58. The van der Waals surface area contributed by atoms with Gasteiger partial charge in [-0.05, 0) is 26.3 Å². The number of rotatable bonds is 7. The number of carbonyl (C=O) groups is 2. The van der Waals surface area contributed by atoms with E-state index in [4.69, 9.17) is 4.74 Å². The van der Waals surface area contributed by atoms with Gasteiger partial charge in [-0.3, -0.25) is 9.59 Å². The molecule has 5 heteroatoms. The van der Waals surface area contributed by atoms with Crippen LogP contribution in [0, 0.1) is 5.41 Å². The van der Waals surface area contributed by atoms with E-state index in [2.05, 4.69) is 0 Å². The van der Waals surface area contributed by atoms with E-state index >= 15 is 0 Å². The van der Waals surface area contributed by atoms with Crippen LogP contribution in [0.5, 0.6) is 5.75 Å². The normalized spacial score (nSPS) is 17.8. The van der Waals surface area contributed by atoms with E-state index in [0.717, 1.165) is 18.4 Å². The number of unbranched alkanes of at least 4 members (excludes halogenated alkanes) is 1. The lowest BCUT2D eigenvalue weighted by Crippen LogP contribution is -2.34. The Morgan fingerprint density at radius 2 is 1.89 bits per heavy atom. The van der Waals surface area contributed by atoms with E-state index in [1.807, 2.05) is 45.0 Å². The molecule has 1 aliphatic heterocycles. The van der Waals surface area contributed by atoms with E-state index in [0.29, 0.717) is 12.3 Å². The van der Waals surface area contributed by atoms with Gasteiger partial charge in [0, 0.05) is 17.5 Å². The highest BCUT2D eigenvalue weighted by Crippen LogP contribution is 2.44. The molecule has 0 aliphatic carbocycles. The molecule has 0 aromatic heterocycles. The van der Waals surface area contributed by atoms with Crippen LogP contribution in [0.15, 0.2) is 35.6 Å². The molecule has 1 aliphatic rings. The van der Waals surface area contributed by atoms with Crippen molar-refractivity contribution in [1.82, 2.24) is 4.90 Å². The number of ketones is 1. The highest BCUT2D eigenvalue weighted by molar-refractivity contribution is 6.10. The predicted molar refractivity (Wildman–Crippen MR) is 106 cm³/mol. The Bertz CT molecular complexity index is 743. The first-order chi connectivity index (χ1) is 12.6. The fourth-order valence-electron chi connectivity index (χ4n) is 3.24. The van der Waals surface area contributed by atoms with E-state index in [9.17, 15) is 14.7 Å². The second-order valence-corrected chi connectivity index (χ2v) is 8.30. The summed E-state index contributed by atoms with van der Waals surface area (Å²) in [6.45, 7) is 11.8. The quantitative estimate of drug-likeness (QED) is 0.759. The zero-order chi connectivity index (χ0) is 20.4. The van der Waals surface area contributed by atoms with Crippen LogP contribution in [0.1, 0.15) is 66.0 Å². The molecule has 1 amide bonds. The second kappa shape index (κ2) is 8.15. The first-order valence-electron chi connectivity index (χ1n) is 9.64. The van der Waals surface area contributed by atoms with Crippen molar-refractivity contribution < 1.29 is 19.4 Å². The van der Waals surface area contributed by atoms with Gasteiger partial charge in [0.2, 0.25) is 0 Å². The first kappa shape index (κ1) is 21.0. The van der Waals surface area contributed by atoms with Gasteiger partial charge in [-0.15, -0.1) is 0 Å². The molecule has 1 aromatic rings. The van der Waals surface area contributed by atoms with Crippen molar-refractivity contribution in [3.63, 3.8) is 0 Å². The second-order valence-electron chi connectivity index (χ2n) is 8.30. The summed E-state index contributed by atoms with van der Waals surface area (Å²) < 4.78 is 5.94. The summed E-state index contributed by atoms with van der Waals surface area (Å²) in [5, 5.41) is 10.6. The van der Waals surface area contributed by atoms with E-state index in [1.54, 1.807) is 25.7 Å². The fourth-order valence-corrected chi connectivity index (χ4v) is 3.24. The maximum Gasteiger partial charge on any atom is 0.290 e. The molecule has 2 rings (SSSR count). The Kier molecular flexibility index (Phi) is 6.34. The average Bonchev–Trinajstić information content (AvgIpc) is 2.82. The van der Waals surface area contributed by atoms with Crippen molar-refractivity contribution in [2.24, 2.45) is 5.41 Å². The van der Waals surface area contributed by atoms with Crippen molar-refractivity contribution in [3.8, 4) is 5.75 Å². The smallest absolute Gasteiger partial charge is 0.290 e. The molecule has 0 spiro atoms. The number of carbonyl (C=O) groups excluding carboxylic acids is 2. The lowest BCUT2D eigenvalue weighted by Gasteiger charge is -2.30. The van der Waals surface area contributed by atoms with Crippen LogP contribution in [0.2, 0.25) is 0 Å². The molecular weight excluding hydrogens is 342 g/mol. The van der Waals surface area contributed by atoms with Gasteiger partial charge in [0.05, 0.1) is 17.7 Å². The third-order valence-corrected chi connectivity index (χ3v) is 4.56. The number of benzene rings is 1. The Labute approximate surface area is 162 Å². The number of aliphatic hydroxyl groups is 1. The largest absolute Gasteiger partial charge is 0.503 e. The standard InChI is InChI=1S/C22H31NO4/c1-7-8-13-23-18(15-11-9-10-12-16(15)27-14(2)3)17(19(24)21(23)26)20(25)22(4,5)6/h9-12,14,18,24H,7-8,13H2,1-6H3. The maximum absolute atomic E-state index is 13.1. The SMILES string of the molecule is CCCCN1C(=O)C(O)=C(C(=O)C(C)(C)C)C1c1ccccc1OC(C)C. The molecule has 0 saturated carbocycles. The number of amides is 1. The summed E-state index contributed by atoms with van der Waals surface area (Å²) >= 11 is 0. The van der Waals surface area contributed by atoms with Gasteiger partial charge in [0.1, 0.15) is 5.75 Å². The highest BCUT2D eigenvalue weighted by atomic mass is 16.5. The number of Topliss-reactive ketones (excluding diaryl/α,β-unsaturated/α-hetero) is 1. The van der Waals surface area contributed by atoms with E-state index in [1.165, 1.54) is 0 Å². The molecule has 148 valence electrons. The van der Waals surface area contributed by atoms with Crippen LogP contribution in [-0.2, 0) is 9.59 Å². The number of hydrogen-bond acceptors (Lipinski definition) is 4. The van der Waals surface area contributed by atoms with Crippen molar-refractivity contribution in [2.75, 3.05) is 6.54 Å². The third kappa shape index (κ3) is 4.34. The molecular formula is C22H31NO4. The summed E-state index contributed by atoms with van der Waals surface area (Å²) in [6, 6.07) is 6.80. The molecule has 1 unspecified atom stereocenters. The van der Waals surface area contributed by atoms with Crippen LogP contribution < -0.4 is 4.74 Å². The molecule has 1 atom stereocenters. The summed E-state index contributed by atoms with van der Waals surface area (Å²) in [5.41, 5.74) is 0.187. The van der Waals surface area contributed by atoms with Crippen molar-refractivity contribution >= 4 is 11.7 Å². The van der Waals surface area contributed by atoms with Gasteiger partial charge in [-0.25, -0.2) is 0 Å². The van der Waals surface area contributed by atoms with Gasteiger partial charge in [0.15, 0.2) is 11.5 Å². The van der Waals surface area contributed by atoms with Crippen LogP contribution in [0.3, 0.4) is 0 Å². The minimum Gasteiger partial charge on any atom is -0.503 e. The van der Waals surface area contributed by atoms with Gasteiger partial charge in [-0.2, -0.15) is 0 Å². The highest BCUT2D eigenvalue weighted by Gasteiger charge is 2.46. The maximum atomic E-state index is 13.1. The Morgan fingerprint density at radius 1 is 1.26 bits per heavy atom. The number of aliphatic hydroxyl groups excluding tert-OH is 1. The Hall–Kier alpha value is -2.30. The van der Waals surface area contributed by atoms with Crippen LogP contribution in [0.4, 0.5) is 0 Å². The molecule has 0 saturated heterocycles. The lowest BCUT2D eigenvalue weighted by molar-refractivity contribution is -0.129. The van der Waals surface area contributed by atoms with Crippen molar-refractivity contribution in [1.29, 1.82) is 0 Å². The third-order valence-electron chi connectivity index (χ3n) is 4.56. The summed E-state index contributed by atoms with van der Waals surface area (Å²) in [5.74, 6) is -0.520. The van der Waals surface area contributed by atoms with E-state index < -0.39 is 23.1 Å². The topological polar surface area (TPSA) is 66.8 Å². The molecule has 1 aromatic carbocycles. The number of hydrogen-bond donors (Lipinski definition) is 1. The van der Waals surface area contributed by atoms with Crippen LogP contribution >= 0.6 is 0 Å². The van der Waals surface area contributed by atoms with Crippen molar-refractivity contribution in [3.05, 3.63) is 41.2 Å². The van der Waals surface area contributed by atoms with Gasteiger partial charge < -0.3 is 14.7 Å². The Morgan fingerprint density at radius 3 is 2.44 bits per heavy atom. The molecule has 0 radical (unpaired) electrons. The number of nitrogens with zero attached hydrogens (tertiary/aromatic N) is 1. The minimum absolute atomic E-state index is 0.0494. The lowest BCUT2D eigenvalue weighted by atomic mass is 9.82. The molecule has 1 N–H and O–H groups in total. The van der Waals surface area contributed by atoms with Gasteiger partial charge >= 0.3 is 0 Å². The van der Waals surface area contributed by atoms with Crippen LogP contribution in [-0.4, -0.2) is 34.3 Å². The minimum atomic E-state index is -0.712. The van der Waals surface area contributed by atoms with Crippen LogP contribution in [0.25, 0.3) is 0 Å². The Balaban J connectivity index is 2.62.